The summed E-state index contributed by atoms with van der Waals surface area (Å²) in [5.74, 6) is 0.454. The molecule has 0 radical (unpaired) electrons. The van der Waals surface area contributed by atoms with Gasteiger partial charge in [0, 0.05) is 12.6 Å². The van der Waals surface area contributed by atoms with Crippen molar-refractivity contribution in [1.29, 1.82) is 0 Å². The highest BCUT2D eigenvalue weighted by atomic mass is 16.3. The fraction of sp³-hybridized carbons (Fsp3) is 0.667. The van der Waals surface area contributed by atoms with Gasteiger partial charge in [-0.15, -0.1) is 0 Å². The van der Waals surface area contributed by atoms with Crippen LogP contribution in [-0.4, -0.2) is 17.8 Å². The average molecular weight is 273 g/mol. The molecule has 1 aromatic rings. The average Bonchev–Trinajstić information content (AvgIpc) is 2.89. The number of rotatable bonds is 4. The van der Waals surface area contributed by atoms with Crippen LogP contribution in [0, 0.1) is 5.92 Å². The molecule has 2 aliphatic carbocycles. The Balaban J connectivity index is 1.60. The van der Waals surface area contributed by atoms with Crippen molar-refractivity contribution >= 4 is 0 Å². The first kappa shape index (κ1) is 14.1. The molecular formula is C18H27NO. The molecule has 0 bridgehead atoms. The summed E-state index contributed by atoms with van der Waals surface area (Å²) >= 11 is 0. The molecule has 0 aliphatic heterocycles. The summed E-state index contributed by atoms with van der Waals surface area (Å²) in [5, 5.41) is 13.5. The van der Waals surface area contributed by atoms with E-state index in [4.69, 9.17) is 0 Å². The molecule has 2 N–H and O–H groups in total. The van der Waals surface area contributed by atoms with Crippen LogP contribution in [-0.2, 0) is 12.8 Å². The second-order valence-corrected chi connectivity index (χ2v) is 6.62. The minimum atomic E-state index is -0.0850. The third-order valence-electron chi connectivity index (χ3n) is 5.18. The predicted molar refractivity (Wildman–Crippen MR) is 82.8 cm³/mol. The highest BCUT2D eigenvalue weighted by molar-refractivity contribution is 5.35. The summed E-state index contributed by atoms with van der Waals surface area (Å²) in [5.41, 5.74) is 4.51. The van der Waals surface area contributed by atoms with Gasteiger partial charge in [0.2, 0.25) is 0 Å². The molecule has 1 fully saturated rings. The highest BCUT2D eigenvalue weighted by Crippen LogP contribution is 2.27. The number of fused-ring (bicyclic) bond motifs is 1. The van der Waals surface area contributed by atoms with Gasteiger partial charge in [-0.3, -0.25) is 0 Å². The van der Waals surface area contributed by atoms with Gasteiger partial charge in [-0.25, -0.2) is 0 Å². The maximum atomic E-state index is 9.89. The van der Waals surface area contributed by atoms with Crippen LogP contribution < -0.4 is 5.32 Å². The second-order valence-electron chi connectivity index (χ2n) is 6.62. The first-order valence-electron chi connectivity index (χ1n) is 8.27. The van der Waals surface area contributed by atoms with Crippen molar-refractivity contribution < 1.29 is 5.11 Å². The van der Waals surface area contributed by atoms with Gasteiger partial charge in [-0.05, 0) is 68.1 Å². The molecule has 2 heteroatoms. The lowest BCUT2D eigenvalue weighted by molar-refractivity contribution is 0.130. The first-order chi connectivity index (χ1) is 9.74. The Labute approximate surface area is 122 Å². The van der Waals surface area contributed by atoms with E-state index in [1.807, 2.05) is 0 Å². The lowest BCUT2D eigenvalue weighted by Gasteiger charge is -2.22. The number of nitrogens with one attached hydrogen (secondary N) is 1. The molecule has 1 aromatic carbocycles. The van der Waals surface area contributed by atoms with Gasteiger partial charge < -0.3 is 10.4 Å². The van der Waals surface area contributed by atoms with Gasteiger partial charge in [0.15, 0.2) is 0 Å². The van der Waals surface area contributed by atoms with E-state index >= 15 is 0 Å². The van der Waals surface area contributed by atoms with Gasteiger partial charge in [-0.1, -0.05) is 24.6 Å². The van der Waals surface area contributed by atoms with Crippen molar-refractivity contribution in [3.63, 3.8) is 0 Å². The van der Waals surface area contributed by atoms with Crippen molar-refractivity contribution in [3.05, 3.63) is 34.9 Å². The molecule has 3 unspecified atom stereocenters. The Morgan fingerprint density at radius 1 is 1.15 bits per heavy atom. The van der Waals surface area contributed by atoms with E-state index in [-0.39, 0.29) is 6.10 Å². The molecule has 0 heterocycles. The summed E-state index contributed by atoms with van der Waals surface area (Å²) < 4.78 is 0. The first-order valence-corrected chi connectivity index (χ1v) is 8.27. The van der Waals surface area contributed by atoms with E-state index in [1.165, 1.54) is 44.1 Å². The third kappa shape index (κ3) is 3.07. The van der Waals surface area contributed by atoms with Crippen molar-refractivity contribution in [2.45, 2.75) is 64.0 Å². The standard InChI is InChI=1S/C18H27NO/c1-13(19-12-17-7-4-8-18(17)20)15-10-9-14-5-2-3-6-16(14)11-15/h9-11,13,17-20H,2-8,12H2,1H3. The zero-order valence-electron chi connectivity index (χ0n) is 12.6. The second kappa shape index (κ2) is 6.28. The van der Waals surface area contributed by atoms with Crippen LogP contribution in [0.2, 0.25) is 0 Å². The van der Waals surface area contributed by atoms with Crippen LogP contribution in [0.15, 0.2) is 18.2 Å². The third-order valence-corrected chi connectivity index (χ3v) is 5.18. The van der Waals surface area contributed by atoms with Gasteiger partial charge in [-0.2, -0.15) is 0 Å². The Bertz CT molecular complexity index is 457. The minimum absolute atomic E-state index is 0.0850. The van der Waals surface area contributed by atoms with Crippen molar-refractivity contribution in [2.24, 2.45) is 5.92 Å². The number of hydrogen-bond acceptors (Lipinski definition) is 2. The van der Waals surface area contributed by atoms with Crippen LogP contribution >= 0.6 is 0 Å². The Morgan fingerprint density at radius 2 is 1.95 bits per heavy atom. The molecule has 20 heavy (non-hydrogen) atoms. The summed E-state index contributed by atoms with van der Waals surface area (Å²) in [6.07, 6.45) is 8.44. The molecule has 2 nitrogen and oxygen atoms in total. The fourth-order valence-electron chi connectivity index (χ4n) is 3.72. The molecule has 3 atom stereocenters. The smallest absolute Gasteiger partial charge is 0.0580 e. The van der Waals surface area contributed by atoms with Crippen molar-refractivity contribution in [2.75, 3.05) is 6.54 Å². The molecule has 1 saturated carbocycles. The molecule has 0 spiro atoms. The van der Waals surface area contributed by atoms with Gasteiger partial charge in [0.25, 0.3) is 0 Å². The molecule has 110 valence electrons. The van der Waals surface area contributed by atoms with E-state index in [0.29, 0.717) is 12.0 Å². The summed E-state index contributed by atoms with van der Waals surface area (Å²) in [6, 6.07) is 7.39. The molecule has 0 aromatic heterocycles. The van der Waals surface area contributed by atoms with E-state index in [2.05, 4.69) is 30.4 Å². The SMILES string of the molecule is CC(NCC1CCCC1O)c1ccc2c(c1)CCCC2. The van der Waals surface area contributed by atoms with E-state index in [1.54, 1.807) is 11.1 Å². The largest absolute Gasteiger partial charge is 0.393 e. The number of benzene rings is 1. The predicted octanol–water partition coefficient (Wildman–Crippen LogP) is 3.38. The van der Waals surface area contributed by atoms with E-state index < -0.39 is 0 Å². The molecular weight excluding hydrogens is 246 g/mol. The molecule has 0 saturated heterocycles. The Morgan fingerprint density at radius 3 is 2.70 bits per heavy atom. The van der Waals surface area contributed by atoms with Crippen LogP contribution in [0.4, 0.5) is 0 Å². The van der Waals surface area contributed by atoms with Crippen molar-refractivity contribution in [1.82, 2.24) is 5.32 Å². The van der Waals surface area contributed by atoms with Crippen LogP contribution in [0.1, 0.15) is 61.8 Å². The minimum Gasteiger partial charge on any atom is -0.393 e. The highest BCUT2D eigenvalue weighted by Gasteiger charge is 2.25. The van der Waals surface area contributed by atoms with Crippen molar-refractivity contribution in [3.8, 4) is 0 Å². The van der Waals surface area contributed by atoms with Crippen LogP contribution in [0.25, 0.3) is 0 Å². The monoisotopic (exact) mass is 273 g/mol. The number of aliphatic hydroxyl groups is 1. The summed E-state index contributed by atoms with van der Waals surface area (Å²) in [7, 11) is 0. The topological polar surface area (TPSA) is 32.3 Å². The van der Waals surface area contributed by atoms with Gasteiger partial charge in [0.05, 0.1) is 6.10 Å². The maximum absolute atomic E-state index is 9.89. The lowest BCUT2D eigenvalue weighted by atomic mass is 9.89. The number of aliphatic hydroxyl groups excluding tert-OH is 1. The molecule has 3 rings (SSSR count). The molecule has 2 aliphatic rings. The lowest BCUT2D eigenvalue weighted by Crippen LogP contribution is -2.29. The van der Waals surface area contributed by atoms with Crippen LogP contribution in [0.3, 0.4) is 0 Å². The maximum Gasteiger partial charge on any atom is 0.0580 e. The summed E-state index contributed by atoms with van der Waals surface area (Å²) in [4.78, 5) is 0. The van der Waals surface area contributed by atoms with Crippen LogP contribution in [0.5, 0.6) is 0 Å². The fourth-order valence-corrected chi connectivity index (χ4v) is 3.72. The van der Waals surface area contributed by atoms with Gasteiger partial charge >= 0.3 is 0 Å². The number of aryl methyl sites for hydroxylation is 2. The van der Waals surface area contributed by atoms with E-state index in [9.17, 15) is 5.11 Å². The molecule has 0 amide bonds. The summed E-state index contributed by atoms with van der Waals surface area (Å²) in [6.45, 7) is 3.19. The number of hydrogen-bond donors (Lipinski definition) is 2. The van der Waals surface area contributed by atoms with Gasteiger partial charge in [0.1, 0.15) is 0 Å². The van der Waals surface area contributed by atoms with E-state index in [0.717, 1.165) is 13.0 Å². The zero-order chi connectivity index (χ0) is 13.9. The quantitative estimate of drug-likeness (QED) is 0.881. The Kier molecular flexibility index (Phi) is 4.42. The normalized spacial score (nSPS) is 27.3. The Hall–Kier alpha value is -0.860. The zero-order valence-corrected chi connectivity index (χ0v) is 12.6.